The van der Waals surface area contributed by atoms with Crippen molar-refractivity contribution in [3.63, 3.8) is 0 Å². The molecule has 4 aromatic rings. The second-order valence-corrected chi connectivity index (χ2v) is 14.2. The Kier molecular flexibility index (Phi) is 9.49. The smallest absolute Gasteiger partial charge is 0.322 e. The molecule has 3 aromatic carbocycles. The van der Waals surface area contributed by atoms with Crippen molar-refractivity contribution in [2.45, 2.75) is 62.4 Å². The van der Waals surface area contributed by atoms with Crippen molar-refractivity contribution in [2.75, 3.05) is 43.6 Å². The lowest BCUT2D eigenvalue weighted by Gasteiger charge is -2.39. The van der Waals surface area contributed by atoms with E-state index in [1.165, 1.54) is 42.5 Å². The Morgan fingerprint density at radius 1 is 1.21 bits per heavy atom. The van der Waals surface area contributed by atoms with Gasteiger partial charge in [0.1, 0.15) is 36.8 Å². The molecule has 0 radical (unpaired) electrons. The molecule has 1 amide bonds. The Labute approximate surface area is 305 Å². The minimum atomic E-state index is -1.15. The van der Waals surface area contributed by atoms with E-state index in [-0.39, 0.29) is 66.9 Å². The van der Waals surface area contributed by atoms with Crippen LogP contribution in [-0.2, 0) is 4.79 Å². The van der Waals surface area contributed by atoms with E-state index in [0.717, 1.165) is 25.7 Å². The molecule has 7 rings (SSSR count). The van der Waals surface area contributed by atoms with Crippen molar-refractivity contribution in [1.82, 2.24) is 14.9 Å². The maximum absolute atomic E-state index is 15.0. The number of phenolic OH excluding ortho intramolecular Hbond substituents is 1. The highest BCUT2D eigenvalue weighted by molar-refractivity contribution is 5.93. The molecule has 10 nitrogen and oxygen atoms in total. The molecule has 1 aliphatic carbocycles. The summed E-state index contributed by atoms with van der Waals surface area (Å²) >= 11 is 0. The van der Waals surface area contributed by atoms with Crippen LogP contribution in [-0.4, -0.2) is 76.5 Å². The van der Waals surface area contributed by atoms with Crippen LogP contribution in [0.25, 0.3) is 10.8 Å². The zero-order valence-corrected chi connectivity index (χ0v) is 29.5. The number of carbonyl (C=O) groups is 1. The highest BCUT2D eigenvalue weighted by atomic mass is 19.1. The number of hydrogen-bond donors (Lipinski definition) is 2. The van der Waals surface area contributed by atoms with Crippen LogP contribution in [0, 0.1) is 24.0 Å². The predicted molar refractivity (Wildman–Crippen MR) is 194 cm³/mol. The van der Waals surface area contributed by atoms with Crippen molar-refractivity contribution in [1.29, 1.82) is 0 Å². The molecule has 1 aromatic heterocycles. The zero-order valence-electron chi connectivity index (χ0n) is 29.5. The van der Waals surface area contributed by atoms with Gasteiger partial charge in [-0.05, 0) is 73.7 Å². The van der Waals surface area contributed by atoms with Gasteiger partial charge in [-0.2, -0.15) is 9.97 Å². The van der Waals surface area contributed by atoms with Crippen molar-refractivity contribution >= 4 is 28.2 Å². The topological polar surface area (TPSA) is 109 Å². The number of amides is 1. The molecular weight excluding hydrogens is 687 g/mol. The lowest BCUT2D eigenvalue weighted by molar-refractivity contribution is -0.129. The Bertz CT molecular complexity index is 2100. The number of fused-ring (bicyclic) bond motifs is 2. The number of halogens is 3. The fourth-order valence-corrected chi connectivity index (χ4v) is 7.89. The number of anilines is 2. The third kappa shape index (κ3) is 6.74. The molecule has 2 N–H and O–H groups in total. The number of phenols is 1. The standard InChI is InChI=1S/C40H40F3N5O5/c1-5-29-31(43)14-9-24-17-28(49)18-30(34(24)29)32-21-51-35-36(44-22-40(15-7-8-16-40)47(4)33(50)6-2)45-38(46-37(35)53-32)52-23-39(3)19-26(42)20-48(39)27-12-10-25(41)11-13-27/h1,6,9-14,17-18,26,32,49H,2,7-8,15-16,19-23H2,3-4H3,(H,44,45,46)/t26-,32?,39+/m1/s1. The first-order valence-electron chi connectivity index (χ1n) is 17.5. The number of ether oxygens (including phenoxy) is 3. The van der Waals surface area contributed by atoms with E-state index in [0.29, 0.717) is 28.6 Å². The van der Waals surface area contributed by atoms with Crippen molar-refractivity contribution < 1.29 is 37.3 Å². The fraction of sp³-hybridized carbons (Fsp3) is 0.375. The van der Waals surface area contributed by atoms with E-state index in [1.54, 1.807) is 24.1 Å². The number of aromatic hydroxyl groups is 1. The van der Waals surface area contributed by atoms with Crippen LogP contribution in [0.5, 0.6) is 23.4 Å². The number of alkyl halides is 1. The predicted octanol–water partition coefficient (Wildman–Crippen LogP) is 6.86. The lowest BCUT2D eigenvalue weighted by atomic mass is 9.95. The van der Waals surface area contributed by atoms with Crippen LogP contribution >= 0.6 is 0 Å². The van der Waals surface area contributed by atoms with Gasteiger partial charge in [0.05, 0.1) is 16.6 Å². The molecular formula is C40H40F3N5O5. The number of nitrogens with zero attached hydrogens (tertiary/aromatic N) is 4. The van der Waals surface area contributed by atoms with Crippen molar-refractivity contribution in [2.24, 2.45) is 0 Å². The van der Waals surface area contributed by atoms with Gasteiger partial charge in [-0.25, -0.2) is 13.2 Å². The third-order valence-electron chi connectivity index (χ3n) is 10.7. The van der Waals surface area contributed by atoms with E-state index in [1.807, 2.05) is 11.8 Å². The van der Waals surface area contributed by atoms with Crippen LogP contribution in [0.3, 0.4) is 0 Å². The van der Waals surface area contributed by atoms with Crippen LogP contribution in [0.2, 0.25) is 0 Å². The first-order valence-corrected chi connectivity index (χ1v) is 17.5. The number of nitrogens with one attached hydrogen (secondary N) is 1. The first kappa shape index (κ1) is 35.7. The molecule has 53 heavy (non-hydrogen) atoms. The summed E-state index contributed by atoms with van der Waals surface area (Å²) in [5, 5.41) is 14.9. The summed E-state index contributed by atoms with van der Waals surface area (Å²) in [7, 11) is 1.76. The summed E-state index contributed by atoms with van der Waals surface area (Å²) in [6, 6.07) is 11.5. The summed E-state index contributed by atoms with van der Waals surface area (Å²) in [5.74, 6) is 1.60. The van der Waals surface area contributed by atoms with Crippen molar-refractivity contribution in [3.05, 3.63) is 83.9 Å². The molecule has 2 aliphatic heterocycles. The van der Waals surface area contributed by atoms with E-state index >= 15 is 0 Å². The van der Waals surface area contributed by atoms with Crippen LogP contribution in [0.1, 0.15) is 56.3 Å². The van der Waals surface area contributed by atoms with Gasteiger partial charge in [-0.1, -0.05) is 31.4 Å². The van der Waals surface area contributed by atoms with Gasteiger partial charge < -0.3 is 34.4 Å². The highest BCUT2D eigenvalue weighted by Crippen LogP contribution is 2.45. The van der Waals surface area contributed by atoms with Crippen LogP contribution < -0.4 is 24.4 Å². The summed E-state index contributed by atoms with van der Waals surface area (Å²) in [4.78, 5) is 25.5. The second kappa shape index (κ2) is 14.1. The Hall–Kier alpha value is -5.64. The van der Waals surface area contributed by atoms with Crippen LogP contribution in [0.4, 0.5) is 24.7 Å². The average molecular weight is 728 g/mol. The fourth-order valence-electron chi connectivity index (χ4n) is 7.89. The highest BCUT2D eigenvalue weighted by Gasteiger charge is 2.44. The number of carbonyl (C=O) groups excluding carboxylic acids is 1. The first-order chi connectivity index (χ1) is 25.4. The van der Waals surface area contributed by atoms with Gasteiger partial charge in [0.25, 0.3) is 5.88 Å². The molecule has 3 heterocycles. The number of rotatable bonds is 10. The normalized spacial score (nSPS) is 21.6. The van der Waals surface area contributed by atoms with E-state index < -0.39 is 35.0 Å². The average Bonchev–Trinajstić information content (AvgIpc) is 3.76. The Balaban J connectivity index is 1.24. The lowest BCUT2D eigenvalue weighted by Crippen LogP contribution is -2.51. The van der Waals surface area contributed by atoms with E-state index in [2.05, 4.69) is 27.8 Å². The van der Waals surface area contributed by atoms with Gasteiger partial charge in [-0.3, -0.25) is 4.79 Å². The summed E-state index contributed by atoms with van der Waals surface area (Å²) in [5.41, 5.74) is -0.316. The van der Waals surface area contributed by atoms with Crippen molar-refractivity contribution in [3.8, 4) is 35.7 Å². The number of hydrogen-bond acceptors (Lipinski definition) is 9. The van der Waals surface area contributed by atoms with Gasteiger partial charge in [0.2, 0.25) is 11.7 Å². The maximum atomic E-state index is 15.0. The Morgan fingerprint density at radius 2 is 1.96 bits per heavy atom. The molecule has 1 saturated heterocycles. The van der Waals surface area contributed by atoms with Gasteiger partial charge in [0.15, 0.2) is 11.9 Å². The Morgan fingerprint density at radius 3 is 2.68 bits per heavy atom. The van der Waals surface area contributed by atoms with Gasteiger partial charge in [0, 0.05) is 43.2 Å². The molecule has 3 atom stereocenters. The minimum Gasteiger partial charge on any atom is -0.508 e. The molecule has 3 aliphatic rings. The quantitative estimate of drug-likeness (QED) is 0.134. The third-order valence-corrected chi connectivity index (χ3v) is 10.7. The zero-order chi connectivity index (χ0) is 37.5. The molecule has 0 spiro atoms. The summed E-state index contributed by atoms with van der Waals surface area (Å²) in [6.45, 7) is 5.84. The molecule has 1 saturated carbocycles. The van der Waals surface area contributed by atoms with E-state index in [4.69, 9.17) is 20.6 Å². The SMILES string of the molecule is C#Cc1c(F)ccc2cc(O)cc(C3COc4c(NCC5(N(C)C(=O)C=C)CCCC5)nc(OC[C@]5(C)C[C@@H](F)CN5c5ccc(F)cc5)nc4O3)c12. The molecule has 1 unspecified atom stereocenters. The number of terminal acetylenes is 1. The van der Waals surface area contributed by atoms with E-state index in [9.17, 15) is 23.1 Å². The number of likely N-dealkylation sites (N-methyl/N-ethyl adjacent to an activating group) is 1. The largest absolute Gasteiger partial charge is 0.508 e. The second-order valence-electron chi connectivity index (χ2n) is 14.2. The van der Waals surface area contributed by atoms with Crippen LogP contribution in [0.15, 0.2) is 61.2 Å². The number of aromatic nitrogens is 2. The summed E-state index contributed by atoms with van der Waals surface area (Å²) < 4.78 is 62.5. The van der Waals surface area contributed by atoms with Gasteiger partial charge >= 0.3 is 6.01 Å². The maximum Gasteiger partial charge on any atom is 0.322 e. The molecule has 13 heteroatoms. The summed E-state index contributed by atoms with van der Waals surface area (Å²) in [6.07, 6.45) is 8.51. The monoisotopic (exact) mass is 727 g/mol. The molecule has 0 bridgehead atoms. The molecule has 2 fully saturated rings. The number of benzene rings is 3. The molecule has 276 valence electrons. The van der Waals surface area contributed by atoms with Gasteiger partial charge in [-0.15, -0.1) is 6.42 Å². The minimum absolute atomic E-state index is 0.00947.